The third-order valence-corrected chi connectivity index (χ3v) is 5.58. The van der Waals surface area contributed by atoms with Crippen molar-refractivity contribution in [3.63, 3.8) is 0 Å². The van der Waals surface area contributed by atoms with Crippen molar-refractivity contribution in [2.24, 2.45) is 11.8 Å². The van der Waals surface area contributed by atoms with Crippen LogP contribution in [0.4, 0.5) is 0 Å². The van der Waals surface area contributed by atoms with Crippen LogP contribution in [-0.2, 0) is 0 Å². The first kappa shape index (κ1) is 15.3. The summed E-state index contributed by atoms with van der Waals surface area (Å²) in [5.74, 6) is 1.58. The summed E-state index contributed by atoms with van der Waals surface area (Å²) >= 11 is 0. The Morgan fingerprint density at radius 2 is 1.77 bits per heavy atom. The van der Waals surface area contributed by atoms with Gasteiger partial charge in [0.05, 0.1) is 0 Å². The molecule has 2 atom stereocenters. The molecule has 2 heterocycles. The third-order valence-electron chi connectivity index (χ3n) is 5.58. The van der Waals surface area contributed by atoms with Gasteiger partial charge >= 0.3 is 0 Å². The van der Waals surface area contributed by atoms with Gasteiger partial charge < -0.3 is 9.88 Å². The Kier molecular flexibility index (Phi) is 4.11. The molecular formula is C18H26N2O2. The van der Waals surface area contributed by atoms with Crippen LogP contribution in [0.3, 0.4) is 0 Å². The highest BCUT2D eigenvalue weighted by Crippen LogP contribution is 2.36. The largest absolute Gasteiger partial charge is 0.354 e. The molecule has 1 aromatic rings. The van der Waals surface area contributed by atoms with Crippen molar-refractivity contribution in [3.05, 3.63) is 22.5 Å². The average molecular weight is 302 g/mol. The van der Waals surface area contributed by atoms with Crippen molar-refractivity contribution >= 4 is 11.7 Å². The van der Waals surface area contributed by atoms with Gasteiger partial charge in [0.1, 0.15) is 5.69 Å². The topological polar surface area (TPSA) is 53.2 Å². The molecule has 2 aliphatic rings. The number of hydrogen-bond acceptors (Lipinski definition) is 2. The van der Waals surface area contributed by atoms with Crippen LogP contribution < -0.4 is 0 Å². The number of aromatic amines is 1. The summed E-state index contributed by atoms with van der Waals surface area (Å²) < 4.78 is 0. The van der Waals surface area contributed by atoms with Gasteiger partial charge in [-0.25, -0.2) is 0 Å². The fourth-order valence-corrected chi connectivity index (χ4v) is 4.44. The Balaban J connectivity index is 1.80. The van der Waals surface area contributed by atoms with Crippen LogP contribution in [0.2, 0.25) is 0 Å². The minimum absolute atomic E-state index is 0.0243. The number of aryl methyl sites for hydroxylation is 1. The second-order valence-corrected chi connectivity index (χ2v) is 7.03. The fraction of sp³-hybridized carbons (Fsp3) is 0.667. The monoisotopic (exact) mass is 302 g/mol. The van der Waals surface area contributed by atoms with Crippen molar-refractivity contribution in [2.75, 3.05) is 13.1 Å². The molecule has 22 heavy (non-hydrogen) atoms. The first-order valence-corrected chi connectivity index (χ1v) is 8.48. The Labute approximate surface area is 132 Å². The fourth-order valence-electron chi connectivity index (χ4n) is 4.44. The molecule has 1 aromatic heterocycles. The molecule has 4 heteroatoms. The van der Waals surface area contributed by atoms with E-state index in [9.17, 15) is 9.59 Å². The van der Waals surface area contributed by atoms with E-state index in [1.54, 1.807) is 6.92 Å². The van der Waals surface area contributed by atoms with Gasteiger partial charge in [0.25, 0.3) is 5.91 Å². The standard InChI is InChI=1S/C18H26N2O2/c1-11-16(13(3)21)12(2)19-17(11)18(22)20-9-8-14-6-4-5-7-15(14)10-20/h14-15,19H,4-10H2,1-3H3/t14-,15+/m0/s1. The summed E-state index contributed by atoms with van der Waals surface area (Å²) in [6.07, 6.45) is 6.39. The lowest BCUT2D eigenvalue weighted by atomic mass is 9.75. The van der Waals surface area contributed by atoms with E-state index in [-0.39, 0.29) is 11.7 Å². The van der Waals surface area contributed by atoms with Crippen LogP contribution in [0.15, 0.2) is 0 Å². The molecule has 3 rings (SSSR count). The van der Waals surface area contributed by atoms with Crippen molar-refractivity contribution in [2.45, 2.75) is 52.9 Å². The Bertz CT molecular complexity index is 602. The number of ketones is 1. The minimum Gasteiger partial charge on any atom is -0.354 e. The zero-order valence-electron chi connectivity index (χ0n) is 13.9. The number of amides is 1. The van der Waals surface area contributed by atoms with Crippen molar-refractivity contribution < 1.29 is 9.59 Å². The summed E-state index contributed by atoms with van der Waals surface area (Å²) in [7, 11) is 0. The van der Waals surface area contributed by atoms with E-state index in [4.69, 9.17) is 0 Å². The number of fused-ring (bicyclic) bond motifs is 1. The zero-order valence-corrected chi connectivity index (χ0v) is 13.9. The number of piperidine rings is 1. The highest BCUT2D eigenvalue weighted by atomic mass is 16.2. The summed E-state index contributed by atoms with van der Waals surface area (Å²) in [4.78, 5) is 29.8. The summed E-state index contributed by atoms with van der Waals surface area (Å²) in [5.41, 5.74) is 2.90. The molecule has 0 unspecified atom stereocenters. The molecule has 1 aliphatic heterocycles. The number of Topliss-reactive ketones (excluding diaryl/α,β-unsaturated/α-hetero) is 1. The number of likely N-dealkylation sites (tertiary alicyclic amines) is 1. The predicted octanol–water partition coefficient (Wildman–Crippen LogP) is 3.49. The Hall–Kier alpha value is -1.58. The smallest absolute Gasteiger partial charge is 0.270 e. The lowest BCUT2D eigenvalue weighted by Crippen LogP contribution is -2.45. The molecule has 1 saturated heterocycles. The number of aromatic nitrogens is 1. The molecule has 4 nitrogen and oxygen atoms in total. The number of rotatable bonds is 2. The molecule has 2 fully saturated rings. The molecule has 0 spiro atoms. The SMILES string of the molecule is CC(=O)c1c(C)[nH]c(C(=O)N2CC[C@@H]3CCCC[C@@H]3C2)c1C. The maximum absolute atomic E-state index is 12.9. The first-order chi connectivity index (χ1) is 10.5. The Morgan fingerprint density at radius 3 is 2.41 bits per heavy atom. The van der Waals surface area contributed by atoms with Gasteiger partial charge in [0.15, 0.2) is 5.78 Å². The van der Waals surface area contributed by atoms with E-state index in [1.807, 2.05) is 18.7 Å². The first-order valence-electron chi connectivity index (χ1n) is 8.48. The molecule has 1 amide bonds. The number of nitrogens with zero attached hydrogens (tertiary/aromatic N) is 1. The van der Waals surface area contributed by atoms with Gasteiger partial charge in [0, 0.05) is 24.3 Å². The lowest BCUT2D eigenvalue weighted by Gasteiger charge is -2.41. The van der Waals surface area contributed by atoms with Crippen molar-refractivity contribution in [1.82, 2.24) is 9.88 Å². The van der Waals surface area contributed by atoms with E-state index in [0.717, 1.165) is 36.7 Å². The number of hydrogen-bond donors (Lipinski definition) is 1. The second-order valence-electron chi connectivity index (χ2n) is 7.03. The van der Waals surface area contributed by atoms with Crippen LogP contribution in [0.5, 0.6) is 0 Å². The number of H-pyrrole nitrogens is 1. The van der Waals surface area contributed by atoms with E-state index >= 15 is 0 Å². The maximum Gasteiger partial charge on any atom is 0.270 e. The molecule has 1 saturated carbocycles. The van der Waals surface area contributed by atoms with Gasteiger partial charge in [-0.1, -0.05) is 19.3 Å². The lowest BCUT2D eigenvalue weighted by molar-refractivity contribution is 0.0515. The van der Waals surface area contributed by atoms with Gasteiger partial charge in [-0.05, 0) is 51.0 Å². The highest BCUT2D eigenvalue weighted by molar-refractivity contribution is 6.02. The Morgan fingerprint density at radius 1 is 1.09 bits per heavy atom. The molecular weight excluding hydrogens is 276 g/mol. The quantitative estimate of drug-likeness (QED) is 0.850. The van der Waals surface area contributed by atoms with Crippen LogP contribution in [0, 0.1) is 25.7 Å². The molecule has 120 valence electrons. The second kappa shape index (κ2) is 5.90. The zero-order chi connectivity index (χ0) is 15.9. The number of nitrogens with one attached hydrogen (secondary N) is 1. The van der Waals surface area contributed by atoms with E-state index in [1.165, 1.54) is 25.7 Å². The van der Waals surface area contributed by atoms with Crippen LogP contribution in [-0.4, -0.2) is 34.7 Å². The van der Waals surface area contributed by atoms with Gasteiger partial charge in [0.2, 0.25) is 0 Å². The summed E-state index contributed by atoms with van der Waals surface area (Å²) in [6.45, 7) is 7.04. The maximum atomic E-state index is 12.9. The van der Waals surface area contributed by atoms with E-state index in [2.05, 4.69) is 4.98 Å². The molecule has 0 bridgehead atoms. The van der Waals surface area contributed by atoms with E-state index < -0.39 is 0 Å². The van der Waals surface area contributed by atoms with Gasteiger partial charge in [-0.2, -0.15) is 0 Å². The number of carbonyl (C=O) groups excluding carboxylic acids is 2. The van der Waals surface area contributed by atoms with E-state index in [0.29, 0.717) is 17.2 Å². The predicted molar refractivity (Wildman–Crippen MR) is 86.2 cm³/mol. The average Bonchev–Trinajstić information content (AvgIpc) is 2.81. The molecule has 0 radical (unpaired) electrons. The highest BCUT2D eigenvalue weighted by Gasteiger charge is 2.34. The molecule has 1 N–H and O–H groups in total. The minimum atomic E-state index is 0.0243. The van der Waals surface area contributed by atoms with Crippen LogP contribution in [0.25, 0.3) is 0 Å². The van der Waals surface area contributed by atoms with Gasteiger partial charge in [-0.15, -0.1) is 0 Å². The normalized spacial score (nSPS) is 25.0. The molecule has 0 aromatic carbocycles. The van der Waals surface area contributed by atoms with Crippen LogP contribution >= 0.6 is 0 Å². The van der Waals surface area contributed by atoms with Crippen molar-refractivity contribution in [3.8, 4) is 0 Å². The van der Waals surface area contributed by atoms with Crippen LogP contribution in [0.1, 0.15) is 71.1 Å². The van der Waals surface area contributed by atoms with Gasteiger partial charge in [-0.3, -0.25) is 9.59 Å². The molecule has 1 aliphatic carbocycles. The van der Waals surface area contributed by atoms with Crippen molar-refractivity contribution in [1.29, 1.82) is 0 Å². The number of carbonyl (C=O) groups is 2. The summed E-state index contributed by atoms with van der Waals surface area (Å²) in [6, 6.07) is 0. The third kappa shape index (κ3) is 2.59. The summed E-state index contributed by atoms with van der Waals surface area (Å²) in [5, 5.41) is 0.